The fourth-order valence-corrected chi connectivity index (χ4v) is 5.00. The molecule has 1 aromatic carbocycles. The predicted octanol–water partition coefficient (Wildman–Crippen LogP) is 3.81. The van der Waals surface area contributed by atoms with Gasteiger partial charge in [0.05, 0.1) is 12.1 Å². The zero-order valence-corrected chi connectivity index (χ0v) is 16.6. The van der Waals surface area contributed by atoms with Gasteiger partial charge in [0.1, 0.15) is 5.01 Å². The Morgan fingerprint density at radius 1 is 1.28 bits per heavy atom. The van der Waals surface area contributed by atoms with Crippen LogP contribution in [-0.2, 0) is 11.2 Å². The van der Waals surface area contributed by atoms with E-state index in [1.807, 2.05) is 22.4 Å². The maximum atomic E-state index is 12.6. The molecule has 2 aromatic rings. The maximum Gasteiger partial charge on any atom is 0.228 e. The summed E-state index contributed by atoms with van der Waals surface area (Å²) in [6.07, 6.45) is 4.15. The fraction of sp³-hybridized carbons (Fsp3) is 0.474. The van der Waals surface area contributed by atoms with E-state index in [2.05, 4.69) is 37.9 Å². The summed E-state index contributed by atoms with van der Waals surface area (Å²) in [5, 5.41) is 2.99. The normalized spacial score (nSPS) is 21.2. The molecule has 2 aliphatic heterocycles. The summed E-state index contributed by atoms with van der Waals surface area (Å²) in [6, 6.07) is 8.70. The molecule has 1 amide bonds. The van der Waals surface area contributed by atoms with E-state index in [1.165, 1.54) is 25.9 Å². The minimum Gasteiger partial charge on any atom is -0.341 e. The number of hydrogen-bond donors (Lipinski definition) is 0. The number of hydrogen-bond acceptors (Lipinski definition) is 4. The second-order valence-electron chi connectivity index (χ2n) is 6.86. The minimum absolute atomic E-state index is 0.216. The molecule has 2 aliphatic rings. The van der Waals surface area contributed by atoms with Gasteiger partial charge in [0.25, 0.3) is 0 Å². The fourth-order valence-electron chi connectivity index (χ4n) is 3.78. The number of thiazole rings is 1. The lowest BCUT2D eigenvalue weighted by Gasteiger charge is -2.23. The molecule has 3 heterocycles. The molecule has 6 heteroatoms. The van der Waals surface area contributed by atoms with Crippen molar-refractivity contribution in [2.24, 2.45) is 0 Å². The van der Waals surface area contributed by atoms with Crippen LogP contribution < -0.4 is 0 Å². The van der Waals surface area contributed by atoms with E-state index < -0.39 is 0 Å². The molecule has 0 N–H and O–H groups in total. The highest BCUT2D eigenvalue weighted by Crippen LogP contribution is 2.27. The van der Waals surface area contributed by atoms with Crippen LogP contribution in [0.2, 0.25) is 0 Å². The van der Waals surface area contributed by atoms with Crippen molar-refractivity contribution < 1.29 is 4.79 Å². The van der Waals surface area contributed by atoms with Gasteiger partial charge in [-0.25, -0.2) is 4.98 Å². The van der Waals surface area contributed by atoms with E-state index >= 15 is 0 Å². The Balaban J connectivity index is 1.37. The van der Waals surface area contributed by atoms with Crippen LogP contribution in [0.1, 0.15) is 25.0 Å². The third-order valence-electron chi connectivity index (χ3n) is 5.13. The lowest BCUT2D eigenvalue weighted by molar-refractivity contribution is -0.129. The third kappa shape index (κ3) is 3.96. The standard InChI is InChI=1S/C19H22BrN3OS/c20-15-5-3-4-14(10-15)19-21-16(13-25-19)11-18(24)23-9-6-17(12-23)22-7-1-2-8-22/h3-5,10,13,17H,1-2,6-9,11-12H2. The summed E-state index contributed by atoms with van der Waals surface area (Å²) in [6.45, 7) is 4.19. The van der Waals surface area contributed by atoms with Crippen LogP contribution >= 0.6 is 27.3 Å². The van der Waals surface area contributed by atoms with Gasteiger partial charge in [-0.3, -0.25) is 9.69 Å². The Kier molecular flexibility index (Phi) is 5.20. The summed E-state index contributed by atoms with van der Waals surface area (Å²) in [7, 11) is 0. The Hall–Kier alpha value is -1.24. The third-order valence-corrected chi connectivity index (χ3v) is 6.56. The minimum atomic E-state index is 0.216. The second-order valence-corrected chi connectivity index (χ2v) is 8.63. The van der Waals surface area contributed by atoms with Crippen LogP contribution in [-0.4, -0.2) is 52.9 Å². The number of benzene rings is 1. The van der Waals surface area contributed by atoms with Crippen molar-refractivity contribution in [3.63, 3.8) is 0 Å². The highest BCUT2D eigenvalue weighted by Gasteiger charge is 2.31. The number of halogens is 1. The molecule has 4 nitrogen and oxygen atoms in total. The lowest BCUT2D eigenvalue weighted by Crippen LogP contribution is -2.37. The number of aromatic nitrogens is 1. The molecule has 0 radical (unpaired) electrons. The Morgan fingerprint density at radius 2 is 2.12 bits per heavy atom. The van der Waals surface area contributed by atoms with Gasteiger partial charge in [0.2, 0.25) is 5.91 Å². The molecule has 132 valence electrons. The number of rotatable bonds is 4. The highest BCUT2D eigenvalue weighted by atomic mass is 79.9. The van der Waals surface area contributed by atoms with Gasteiger partial charge in [-0.1, -0.05) is 28.1 Å². The lowest BCUT2D eigenvalue weighted by atomic mass is 10.2. The van der Waals surface area contributed by atoms with E-state index in [1.54, 1.807) is 11.3 Å². The average Bonchev–Trinajstić information content (AvgIpc) is 3.35. The van der Waals surface area contributed by atoms with Crippen LogP contribution in [0.25, 0.3) is 10.6 Å². The van der Waals surface area contributed by atoms with E-state index in [0.717, 1.165) is 40.2 Å². The summed E-state index contributed by atoms with van der Waals surface area (Å²) in [4.78, 5) is 21.9. The molecule has 1 atom stereocenters. The monoisotopic (exact) mass is 419 g/mol. The Bertz CT molecular complexity index is 757. The molecule has 1 aromatic heterocycles. The molecule has 4 rings (SSSR count). The van der Waals surface area contributed by atoms with Crippen molar-refractivity contribution in [3.05, 3.63) is 39.8 Å². The largest absolute Gasteiger partial charge is 0.341 e. The maximum absolute atomic E-state index is 12.6. The zero-order valence-electron chi connectivity index (χ0n) is 14.2. The van der Waals surface area contributed by atoms with Gasteiger partial charge >= 0.3 is 0 Å². The van der Waals surface area contributed by atoms with Crippen LogP contribution in [0.15, 0.2) is 34.1 Å². The van der Waals surface area contributed by atoms with Crippen molar-refractivity contribution in [2.75, 3.05) is 26.2 Å². The van der Waals surface area contributed by atoms with Crippen molar-refractivity contribution in [1.29, 1.82) is 0 Å². The number of carbonyl (C=O) groups is 1. The second kappa shape index (κ2) is 7.56. The Morgan fingerprint density at radius 3 is 2.92 bits per heavy atom. The molecule has 0 spiro atoms. The SMILES string of the molecule is O=C(Cc1csc(-c2cccc(Br)c2)n1)N1CCC(N2CCCC2)C1. The van der Waals surface area contributed by atoms with Gasteiger partial charge < -0.3 is 4.90 Å². The topological polar surface area (TPSA) is 36.4 Å². The predicted molar refractivity (Wildman–Crippen MR) is 105 cm³/mol. The molecule has 1 unspecified atom stereocenters. The summed E-state index contributed by atoms with van der Waals surface area (Å²) >= 11 is 5.10. The zero-order chi connectivity index (χ0) is 17.2. The molecule has 25 heavy (non-hydrogen) atoms. The van der Waals surface area contributed by atoms with Gasteiger partial charge in [-0.15, -0.1) is 11.3 Å². The number of nitrogens with zero attached hydrogens (tertiary/aromatic N) is 3. The number of amides is 1. The van der Waals surface area contributed by atoms with Crippen molar-refractivity contribution >= 4 is 33.2 Å². The van der Waals surface area contributed by atoms with E-state index in [9.17, 15) is 4.79 Å². The van der Waals surface area contributed by atoms with Gasteiger partial charge in [0.15, 0.2) is 0 Å². The van der Waals surface area contributed by atoms with Crippen LogP contribution in [0, 0.1) is 0 Å². The molecular weight excluding hydrogens is 398 g/mol. The van der Waals surface area contributed by atoms with Crippen molar-refractivity contribution in [1.82, 2.24) is 14.8 Å². The number of likely N-dealkylation sites (tertiary alicyclic amines) is 2. The van der Waals surface area contributed by atoms with Crippen molar-refractivity contribution in [3.8, 4) is 10.6 Å². The van der Waals surface area contributed by atoms with Crippen LogP contribution in [0.5, 0.6) is 0 Å². The number of carbonyl (C=O) groups excluding carboxylic acids is 1. The molecule has 2 fully saturated rings. The molecule has 0 bridgehead atoms. The highest BCUT2D eigenvalue weighted by molar-refractivity contribution is 9.10. The van der Waals surface area contributed by atoms with Crippen LogP contribution in [0.3, 0.4) is 0 Å². The van der Waals surface area contributed by atoms with E-state index in [4.69, 9.17) is 0 Å². The first kappa shape index (κ1) is 17.2. The summed E-state index contributed by atoms with van der Waals surface area (Å²) < 4.78 is 1.04. The van der Waals surface area contributed by atoms with Gasteiger partial charge in [-0.05, 0) is 44.5 Å². The van der Waals surface area contributed by atoms with E-state index in [-0.39, 0.29) is 5.91 Å². The van der Waals surface area contributed by atoms with Gasteiger partial charge in [-0.2, -0.15) is 0 Å². The Labute approximate surface area is 161 Å². The molecule has 2 saturated heterocycles. The smallest absolute Gasteiger partial charge is 0.228 e. The average molecular weight is 420 g/mol. The first-order valence-corrected chi connectivity index (χ1v) is 10.6. The first-order chi connectivity index (χ1) is 12.2. The molecule has 0 saturated carbocycles. The summed E-state index contributed by atoms with van der Waals surface area (Å²) in [5.74, 6) is 0.216. The van der Waals surface area contributed by atoms with Gasteiger partial charge in [0, 0.05) is 34.5 Å². The first-order valence-electron chi connectivity index (χ1n) is 8.91. The molecular formula is C19H22BrN3OS. The van der Waals surface area contributed by atoms with E-state index in [0.29, 0.717) is 12.5 Å². The molecule has 0 aliphatic carbocycles. The summed E-state index contributed by atoms with van der Waals surface area (Å²) in [5.41, 5.74) is 1.97. The van der Waals surface area contributed by atoms with Crippen LogP contribution in [0.4, 0.5) is 0 Å². The van der Waals surface area contributed by atoms with Crippen molar-refractivity contribution in [2.45, 2.75) is 31.7 Å². The quantitative estimate of drug-likeness (QED) is 0.755.